The molecule has 0 radical (unpaired) electrons. The van der Waals surface area contributed by atoms with Crippen molar-refractivity contribution < 1.29 is 13.2 Å². The van der Waals surface area contributed by atoms with Gasteiger partial charge in [-0.1, -0.05) is 48.4 Å². The van der Waals surface area contributed by atoms with E-state index in [1.54, 1.807) is 18.2 Å². The fourth-order valence-electron chi connectivity index (χ4n) is 3.12. The summed E-state index contributed by atoms with van der Waals surface area (Å²) in [5.74, 6) is -0.367. The van der Waals surface area contributed by atoms with E-state index in [-0.39, 0.29) is 18.5 Å². The van der Waals surface area contributed by atoms with Crippen LogP contribution in [0.25, 0.3) is 0 Å². The summed E-state index contributed by atoms with van der Waals surface area (Å²) in [5.41, 5.74) is 4.49. The van der Waals surface area contributed by atoms with Crippen LogP contribution in [-0.4, -0.2) is 27.1 Å². The summed E-state index contributed by atoms with van der Waals surface area (Å²) < 4.78 is 25.6. The average Bonchev–Trinajstić information content (AvgIpc) is 2.59. The van der Waals surface area contributed by atoms with E-state index in [1.165, 1.54) is 0 Å². The Bertz CT molecular complexity index is 974. The maximum Gasteiger partial charge on any atom is 0.241 e. The van der Waals surface area contributed by atoms with Gasteiger partial charge in [0.15, 0.2) is 0 Å². The first-order valence-corrected chi connectivity index (χ1v) is 11.4. The van der Waals surface area contributed by atoms with Crippen LogP contribution in [0, 0.1) is 20.8 Å². The van der Waals surface area contributed by atoms with Crippen LogP contribution in [-0.2, 0) is 14.8 Å². The molecule has 0 aliphatic heterocycles. The minimum absolute atomic E-state index is 0.184. The number of aryl methyl sites for hydroxylation is 3. The van der Waals surface area contributed by atoms with Gasteiger partial charge in [0.25, 0.3) is 0 Å². The van der Waals surface area contributed by atoms with Crippen molar-refractivity contribution in [3.05, 3.63) is 63.7 Å². The fraction of sp³-hybridized carbons (Fsp3) is 0.381. The average molecular weight is 423 g/mol. The molecule has 0 aliphatic carbocycles. The molecule has 2 aromatic carbocycles. The molecule has 0 aromatic heterocycles. The molecule has 0 unspecified atom stereocenters. The smallest absolute Gasteiger partial charge is 0.241 e. The van der Waals surface area contributed by atoms with Crippen molar-refractivity contribution in [2.45, 2.75) is 40.2 Å². The summed E-state index contributed by atoms with van der Waals surface area (Å²) in [6, 6.07) is 10.8. The number of hydrogen-bond acceptors (Lipinski definition) is 3. The van der Waals surface area contributed by atoms with E-state index >= 15 is 0 Å². The molecule has 0 spiro atoms. The second kappa shape index (κ2) is 8.97. The number of carbonyl (C=O) groups is 1. The molecule has 28 heavy (non-hydrogen) atoms. The van der Waals surface area contributed by atoms with Gasteiger partial charge >= 0.3 is 0 Å². The second-order valence-corrected chi connectivity index (χ2v) is 9.41. The third kappa shape index (κ3) is 5.49. The molecule has 5 nitrogen and oxygen atoms in total. The summed E-state index contributed by atoms with van der Waals surface area (Å²) in [4.78, 5) is 12.7. The minimum Gasteiger partial charge on any atom is -0.348 e. The fourth-order valence-corrected chi connectivity index (χ4v) is 4.15. The summed E-state index contributed by atoms with van der Waals surface area (Å²) in [6.45, 7) is 7.54. The van der Waals surface area contributed by atoms with Gasteiger partial charge in [-0.25, -0.2) is 8.42 Å². The lowest BCUT2D eigenvalue weighted by Crippen LogP contribution is -2.41. The highest BCUT2D eigenvalue weighted by Crippen LogP contribution is 2.25. The van der Waals surface area contributed by atoms with Crippen molar-refractivity contribution in [3.8, 4) is 0 Å². The third-order valence-corrected chi connectivity index (χ3v) is 6.22. The van der Waals surface area contributed by atoms with Crippen LogP contribution in [0.5, 0.6) is 0 Å². The molecule has 0 saturated heterocycles. The van der Waals surface area contributed by atoms with Crippen molar-refractivity contribution >= 4 is 33.2 Å². The van der Waals surface area contributed by atoms with Gasteiger partial charge in [0.05, 0.1) is 18.0 Å². The Labute approximate surface area is 172 Å². The zero-order chi connectivity index (χ0) is 21.1. The van der Waals surface area contributed by atoms with Crippen molar-refractivity contribution in [1.82, 2.24) is 5.32 Å². The van der Waals surface area contributed by atoms with Crippen molar-refractivity contribution in [1.29, 1.82) is 0 Å². The molecule has 1 amide bonds. The first kappa shape index (κ1) is 22.2. The number of hydrogen-bond donors (Lipinski definition) is 1. The first-order valence-electron chi connectivity index (χ1n) is 9.13. The van der Waals surface area contributed by atoms with E-state index in [9.17, 15) is 13.2 Å². The van der Waals surface area contributed by atoms with E-state index in [0.717, 1.165) is 32.8 Å². The minimum atomic E-state index is -3.65. The van der Waals surface area contributed by atoms with Gasteiger partial charge in [0, 0.05) is 5.02 Å². The quantitative estimate of drug-likeness (QED) is 0.723. The molecule has 1 N–H and O–H groups in total. The number of rotatable bonds is 7. The van der Waals surface area contributed by atoms with Gasteiger partial charge in [0.2, 0.25) is 15.9 Å². The first-order chi connectivity index (χ1) is 13.0. The van der Waals surface area contributed by atoms with Crippen molar-refractivity contribution in [3.63, 3.8) is 0 Å². The molecule has 2 aromatic rings. The maximum atomic E-state index is 12.7. The van der Waals surface area contributed by atoms with Crippen LogP contribution in [0.4, 0.5) is 5.69 Å². The molecule has 2 rings (SSSR count). The number of halogens is 1. The van der Waals surface area contributed by atoms with Gasteiger partial charge < -0.3 is 5.32 Å². The van der Waals surface area contributed by atoms with Crippen molar-refractivity contribution in [2.75, 3.05) is 17.1 Å². The monoisotopic (exact) mass is 422 g/mol. The highest BCUT2D eigenvalue weighted by Gasteiger charge is 2.23. The van der Waals surface area contributed by atoms with Gasteiger partial charge in [-0.3, -0.25) is 9.10 Å². The maximum absolute atomic E-state index is 12.7. The summed E-state index contributed by atoms with van der Waals surface area (Å²) >= 11 is 6.14. The predicted molar refractivity (Wildman–Crippen MR) is 115 cm³/mol. The third-order valence-electron chi connectivity index (χ3n) is 4.68. The molecule has 0 aliphatic rings. The lowest BCUT2D eigenvalue weighted by molar-refractivity contribution is -0.120. The van der Waals surface area contributed by atoms with E-state index in [2.05, 4.69) is 11.4 Å². The Morgan fingerprint density at radius 3 is 2.32 bits per heavy atom. The standard InChI is InChI=1S/C21H27ClN2O3S/c1-6-20(18-10-7-14(2)11-16(18)4)23-21(25)13-24(28(5,26)27)17-9-8-15(3)19(22)12-17/h7-12,20H,6,13H2,1-5H3,(H,23,25)/t20-/m0/s1. The van der Waals surface area contributed by atoms with Gasteiger partial charge in [-0.15, -0.1) is 0 Å². The van der Waals surface area contributed by atoms with E-state index in [4.69, 9.17) is 11.6 Å². The largest absolute Gasteiger partial charge is 0.348 e. The van der Waals surface area contributed by atoms with E-state index in [0.29, 0.717) is 17.1 Å². The molecule has 0 heterocycles. The molecule has 0 saturated carbocycles. The zero-order valence-electron chi connectivity index (χ0n) is 16.9. The number of nitrogens with zero attached hydrogens (tertiary/aromatic N) is 1. The lowest BCUT2D eigenvalue weighted by Gasteiger charge is -2.25. The Morgan fingerprint density at radius 2 is 1.79 bits per heavy atom. The number of sulfonamides is 1. The Balaban J connectivity index is 2.24. The highest BCUT2D eigenvalue weighted by molar-refractivity contribution is 7.92. The predicted octanol–water partition coefficient (Wildman–Crippen LogP) is 4.30. The van der Waals surface area contributed by atoms with Crippen LogP contribution in [0.1, 0.15) is 41.6 Å². The second-order valence-electron chi connectivity index (χ2n) is 7.09. The number of benzene rings is 2. The summed E-state index contributed by atoms with van der Waals surface area (Å²) in [6.07, 6.45) is 1.78. The SMILES string of the molecule is CC[C@H](NC(=O)CN(c1ccc(C)c(Cl)c1)S(C)(=O)=O)c1ccc(C)cc1C. The van der Waals surface area contributed by atoms with Crippen molar-refractivity contribution in [2.24, 2.45) is 0 Å². The van der Waals surface area contributed by atoms with E-state index < -0.39 is 10.0 Å². The van der Waals surface area contributed by atoms with Gasteiger partial charge in [-0.05, 0) is 56.0 Å². The Kier molecular flexibility index (Phi) is 7.12. The van der Waals surface area contributed by atoms with E-state index in [1.807, 2.05) is 39.8 Å². The zero-order valence-corrected chi connectivity index (χ0v) is 18.5. The van der Waals surface area contributed by atoms with Gasteiger partial charge in [0.1, 0.15) is 6.54 Å². The number of nitrogens with one attached hydrogen (secondary N) is 1. The lowest BCUT2D eigenvalue weighted by atomic mass is 9.97. The molecule has 0 bridgehead atoms. The van der Waals surface area contributed by atoms with Gasteiger partial charge in [-0.2, -0.15) is 0 Å². The molecule has 0 fully saturated rings. The van der Waals surface area contributed by atoms with Crippen LogP contribution < -0.4 is 9.62 Å². The Hall–Kier alpha value is -2.05. The van der Waals surface area contributed by atoms with Crippen LogP contribution >= 0.6 is 11.6 Å². The molecule has 7 heteroatoms. The molecular formula is C21H27ClN2O3S. The van der Waals surface area contributed by atoms with Crippen LogP contribution in [0.3, 0.4) is 0 Å². The van der Waals surface area contributed by atoms with Crippen LogP contribution in [0.15, 0.2) is 36.4 Å². The number of amides is 1. The topological polar surface area (TPSA) is 66.5 Å². The summed E-state index contributed by atoms with van der Waals surface area (Å²) in [7, 11) is -3.65. The van der Waals surface area contributed by atoms with Crippen LogP contribution in [0.2, 0.25) is 5.02 Å². The number of carbonyl (C=O) groups excluding carboxylic acids is 1. The number of anilines is 1. The Morgan fingerprint density at radius 1 is 1.11 bits per heavy atom. The summed E-state index contributed by atoms with van der Waals surface area (Å²) in [5, 5.41) is 3.42. The normalized spacial score (nSPS) is 12.5. The highest BCUT2D eigenvalue weighted by atomic mass is 35.5. The molecular weight excluding hydrogens is 396 g/mol. The molecule has 1 atom stereocenters. The molecule has 152 valence electrons.